The molecular formula is C14H23NO3. The Morgan fingerprint density at radius 1 is 1.28 bits per heavy atom. The highest BCUT2D eigenvalue weighted by atomic mass is 16.5. The molecule has 2 N–H and O–H groups in total. The molecule has 0 saturated heterocycles. The molecule has 0 radical (unpaired) electrons. The highest BCUT2D eigenvalue weighted by molar-refractivity contribution is 5.35. The third-order valence-corrected chi connectivity index (χ3v) is 2.56. The molecule has 0 spiro atoms. The number of aliphatic hydroxyl groups is 1. The van der Waals surface area contributed by atoms with Crippen LogP contribution in [0.5, 0.6) is 5.75 Å². The number of benzene rings is 1. The van der Waals surface area contributed by atoms with Crippen LogP contribution in [0.3, 0.4) is 0 Å². The van der Waals surface area contributed by atoms with Crippen molar-refractivity contribution < 1.29 is 14.6 Å². The number of hydrogen-bond acceptors (Lipinski definition) is 4. The van der Waals surface area contributed by atoms with Gasteiger partial charge in [-0.15, -0.1) is 0 Å². The van der Waals surface area contributed by atoms with Gasteiger partial charge in [0, 0.05) is 25.8 Å². The molecule has 102 valence electrons. The zero-order chi connectivity index (χ0) is 13.2. The first-order valence-electron chi connectivity index (χ1n) is 6.39. The van der Waals surface area contributed by atoms with Crippen molar-refractivity contribution in [1.29, 1.82) is 0 Å². The van der Waals surface area contributed by atoms with Crippen molar-refractivity contribution in [3.8, 4) is 5.75 Å². The average Bonchev–Trinajstić information content (AvgIpc) is 2.41. The molecule has 1 aromatic carbocycles. The second kappa shape index (κ2) is 8.91. The van der Waals surface area contributed by atoms with Gasteiger partial charge in [0.25, 0.3) is 0 Å². The zero-order valence-corrected chi connectivity index (χ0v) is 11.2. The van der Waals surface area contributed by atoms with Crippen molar-refractivity contribution >= 4 is 0 Å². The quantitative estimate of drug-likeness (QED) is 0.658. The maximum absolute atomic E-state index is 10.1. The lowest BCUT2D eigenvalue weighted by Gasteiger charge is -2.16. The van der Waals surface area contributed by atoms with Gasteiger partial charge in [-0.1, -0.05) is 25.1 Å². The van der Waals surface area contributed by atoms with Crippen molar-refractivity contribution in [3.63, 3.8) is 0 Å². The highest BCUT2D eigenvalue weighted by Crippen LogP contribution is 2.24. The van der Waals surface area contributed by atoms with Gasteiger partial charge in [-0.3, -0.25) is 0 Å². The molecule has 1 atom stereocenters. The standard InChI is InChI=1S/C14H23NO3/c1-3-9-18-14-7-5-4-6-12(14)13(16)11-15-8-10-17-2/h4-7,13,15-16H,3,8-11H2,1-2H3. The molecule has 0 aliphatic carbocycles. The third-order valence-electron chi connectivity index (χ3n) is 2.56. The molecule has 0 bridgehead atoms. The molecule has 1 unspecified atom stereocenters. The summed E-state index contributed by atoms with van der Waals surface area (Å²) in [7, 11) is 1.66. The number of ether oxygens (including phenoxy) is 2. The summed E-state index contributed by atoms with van der Waals surface area (Å²) in [6.07, 6.45) is 0.395. The Morgan fingerprint density at radius 3 is 2.78 bits per heavy atom. The van der Waals surface area contributed by atoms with Crippen LogP contribution >= 0.6 is 0 Å². The van der Waals surface area contributed by atoms with Crippen LogP contribution in [0, 0.1) is 0 Å². The van der Waals surface area contributed by atoms with Crippen molar-refractivity contribution in [2.45, 2.75) is 19.4 Å². The second-order valence-corrected chi connectivity index (χ2v) is 4.10. The van der Waals surface area contributed by atoms with Gasteiger partial charge in [0.1, 0.15) is 5.75 Å². The molecule has 0 aromatic heterocycles. The van der Waals surface area contributed by atoms with E-state index in [2.05, 4.69) is 12.2 Å². The minimum atomic E-state index is -0.560. The van der Waals surface area contributed by atoms with Crippen molar-refractivity contribution in [2.75, 3.05) is 33.4 Å². The molecule has 18 heavy (non-hydrogen) atoms. The van der Waals surface area contributed by atoms with Gasteiger partial charge in [0.2, 0.25) is 0 Å². The largest absolute Gasteiger partial charge is 0.493 e. The van der Waals surface area contributed by atoms with Crippen molar-refractivity contribution in [1.82, 2.24) is 5.32 Å². The van der Waals surface area contributed by atoms with Gasteiger partial charge in [0.15, 0.2) is 0 Å². The molecule has 4 heteroatoms. The van der Waals surface area contributed by atoms with E-state index < -0.39 is 6.10 Å². The molecule has 0 fully saturated rings. The van der Waals surface area contributed by atoms with E-state index in [9.17, 15) is 5.11 Å². The Labute approximate surface area is 109 Å². The maximum Gasteiger partial charge on any atom is 0.125 e. The SMILES string of the molecule is CCCOc1ccccc1C(O)CNCCOC. The molecule has 0 saturated carbocycles. The molecular weight excluding hydrogens is 230 g/mol. The lowest BCUT2D eigenvalue weighted by molar-refractivity contribution is 0.157. The highest BCUT2D eigenvalue weighted by Gasteiger charge is 2.12. The van der Waals surface area contributed by atoms with Gasteiger partial charge >= 0.3 is 0 Å². The number of hydrogen-bond donors (Lipinski definition) is 2. The van der Waals surface area contributed by atoms with Crippen molar-refractivity contribution in [2.24, 2.45) is 0 Å². The van der Waals surface area contributed by atoms with E-state index in [0.29, 0.717) is 19.8 Å². The Bertz CT molecular complexity index is 331. The Balaban J connectivity index is 2.52. The summed E-state index contributed by atoms with van der Waals surface area (Å²) >= 11 is 0. The van der Waals surface area contributed by atoms with Crippen LogP contribution in [0.4, 0.5) is 0 Å². The van der Waals surface area contributed by atoms with Crippen LogP contribution in [-0.2, 0) is 4.74 Å². The molecule has 0 heterocycles. The molecule has 1 aromatic rings. The predicted octanol–water partition coefficient (Wildman–Crippen LogP) is 1.74. The van der Waals surface area contributed by atoms with E-state index >= 15 is 0 Å². The zero-order valence-electron chi connectivity index (χ0n) is 11.2. The number of rotatable bonds is 9. The van der Waals surface area contributed by atoms with Crippen LogP contribution in [-0.4, -0.2) is 38.5 Å². The molecule has 0 aliphatic heterocycles. The predicted molar refractivity (Wildman–Crippen MR) is 71.9 cm³/mol. The summed E-state index contributed by atoms with van der Waals surface area (Å²) in [5.74, 6) is 0.764. The number of aliphatic hydroxyl groups excluding tert-OH is 1. The van der Waals surface area contributed by atoms with Crippen LogP contribution in [0.1, 0.15) is 25.0 Å². The summed E-state index contributed by atoms with van der Waals surface area (Å²) in [6, 6.07) is 7.61. The van der Waals surface area contributed by atoms with Crippen LogP contribution in [0.2, 0.25) is 0 Å². The van der Waals surface area contributed by atoms with Crippen LogP contribution in [0.25, 0.3) is 0 Å². The third kappa shape index (κ3) is 5.04. The van der Waals surface area contributed by atoms with E-state index in [-0.39, 0.29) is 0 Å². The Kier molecular flexibility index (Phi) is 7.41. The molecule has 0 amide bonds. The molecule has 0 aliphatic rings. The Morgan fingerprint density at radius 2 is 2.06 bits per heavy atom. The number of methoxy groups -OCH3 is 1. The fourth-order valence-corrected chi connectivity index (χ4v) is 1.62. The van der Waals surface area contributed by atoms with Crippen LogP contribution < -0.4 is 10.1 Å². The normalized spacial score (nSPS) is 12.4. The topological polar surface area (TPSA) is 50.7 Å². The molecule has 1 rings (SSSR count). The van der Waals surface area contributed by atoms with Crippen molar-refractivity contribution in [3.05, 3.63) is 29.8 Å². The van der Waals surface area contributed by atoms with E-state index in [4.69, 9.17) is 9.47 Å². The smallest absolute Gasteiger partial charge is 0.125 e. The lowest BCUT2D eigenvalue weighted by Crippen LogP contribution is -2.25. The minimum absolute atomic E-state index is 0.496. The second-order valence-electron chi connectivity index (χ2n) is 4.10. The van der Waals surface area contributed by atoms with Gasteiger partial charge < -0.3 is 19.9 Å². The van der Waals surface area contributed by atoms with Gasteiger partial charge in [-0.05, 0) is 12.5 Å². The minimum Gasteiger partial charge on any atom is -0.493 e. The number of para-hydroxylation sites is 1. The molecule has 4 nitrogen and oxygen atoms in total. The fourth-order valence-electron chi connectivity index (χ4n) is 1.62. The lowest BCUT2D eigenvalue weighted by atomic mass is 10.1. The van der Waals surface area contributed by atoms with Gasteiger partial charge in [0.05, 0.1) is 19.3 Å². The number of nitrogens with one attached hydrogen (secondary N) is 1. The monoisotopic (exact) mass is 253 g/mol. The first-order chi connectivity index (χ1) is 8.79. The fraction of sp³-hybridized carbons (Fsp3) is 0.571. The Hall–Kier alpha value is -1.10. The van der Waals surface area contributed by atoms with Crippen LogP contribution in [0.15, 0.2) is 24.3 Å². The van der Waals surface area contributed by atoms with Gasteiger partial charge in [-0.2, -0.15) is 0 Å². The summed E-state index contributed by atoms with van der Waals surface area (Å²) in [4.78, 5) is 0. The summed E-state index contributed by atoms with van der Waals surface area (Å²) in [6.45, 7) is 4.59. The average molecular weight is 253 g/mol. The van der Waals surface area contributed by atoms with E-state index in [1.165, 1.54) is 0 Å². The van der Waals surface area contributed by atoms with E-state index in [1.807, 2.05) is 24.3 Å². The maximum atomic E-state index is 10.1. The summed E-state index contributed by atoms with van der Waals surface area (Å²) < 4.78 is 10.6. The van der Waals surface area contributed by atoms with Gasteiger partial charge in [-0.25, -0.2) is 0 Å². The first-order valence-corrected chi connectivity index (χ1v) is 6.39. The van der Waals surface area contributed by atoms with E-state index in [0.717, 1.165) is 24.3 Å². The summed E-state index contributed by atoms with van der Waals surface area (Å²) in [5.41, 5.74) is 0.830. The first kappa shape index (κ1) is 15.0. The summed E-state index contributed by atoms with van der Waals surface area (Å²) in [5, 5.41) is 13.3. The van der Waals surface area contributed by atoms with E-state index in [1.54, 1.807) is 7.11 Å².